The van der Waals surface area contributed by atoms with Gasteiger partial charge in [-0.25, -0.2) is 0 Å². The summed E-state index contributed by atoms with van der Waals surface area (Å²) in [5.74, 6) is 0.382. The average molecular weight is 346 g/mol. The molecule has 0 N–H and O–H groups in total. The molecule has 0 radical (unpaired) electrons. The zero-order chi connectivity index (χ0) is 14.6. The molecule has 0 aromatic heterocycles. The molecule has 1 rings (SSSR count). The molecule has 0 saturated carbocycles. The second-order valence-electron chi connectivity index (χ2n) is 6.13. The third-order valence-corrected chi connectivity index (χ3v) is 5.19. The topological polar surface area (TPSA) is 20.3 Å². The number of amides is 1. The lowest BCUT2D eigenvalue weighted by Crippen LogP contribution is -2.38. The van der Waals surface area contributed by atoms with Gasteiger partial charge in [0.1, 0.15) is 0 Å². The SMILES string of the molecule is CCCCCCCCCCCC(=O)N1CCC(Br)CC1. The molecule has 0 bridgehead atoms. The van der Waals surface area contributed by atoms with Crippen LogP contribution >= 0.6 is 15.9 Å². The normalized spacial score (nSPS) is 16.6. The van der Waals surface area contributed by atoms with E-state index in [0.29, 0.717) is 10.7 Å². The zero-order valence-electron chi connectivity index (χ0n) is 13.2. The monoisotopic (exact) mass is 345 g/mol. The average Bonchev–Trinajstić information content (AvgIpc) is 2.46. The van der Waals surface area contributed by atoms with Gasteiger partial charge in [0.25, 0.3) is 0 Å². The largest absolute Gasteiger partial charge is 0.343 e. The van der Waals surface area contributed by atoms with Crippen LogP contribution in [0, 0.1) is 0 Å². The van der Waals surface area contributed by atoms with Crippen LogP contribution in [0.15, 0.2) is 0 Å². The fourth-order valence-electron chi connectivity index (χ4n) is 2.84. The maximum absolute atomic E-state index is 12.0. The highest BCUT2D eigenvalue weighted by Gasteiger charge is 2.20. The molecule has 1 fully saturated rings. The quantitative estimate of drug-likeness (QED) is 0.389. The minimum atomic E-state index is 0.382. The highest BCUT2D eigenvalue weighted by Crippen LogP contribution is 2.18. The molecule has 2 nitrogen and oxygen atoms in total. The van der Waals surface area contributed by atoms with Gasteiger partial charge in [0.15, 0.2) is 0 Å². The van der Waals surface area contributed by atoms with Crippen molar-refractivity contribution in [1.82, 2.24) is 4.90 Å². The van der Waals surface area contributed by atoms with Crippen molar-refractivity contribution in [1.29, 1.82) is 0 Å². The predicted octanol–water partition coefficient (Wildman–Crippen LogP) is 5.29. The molecule has 1 saturated heterocycles. The van der Waals surface area contributed by atoms with Crippen LogP contribution in [0.2, 0.25) is 0 Å². The summed E-state index contributed by atoms with van der Waals surface area (Å²) in [7, 11) is 0. The van der Waals surface area contributed by atoms with Gasteiger partial charge < -0.3 is 4.90 Å². The van der Waals surface area contributed by atoms with Gasteiger partial charge in [-0.3, -0.25) is 4.79 Å². The molecular formula is C17H32BrNO. The number of alkyl halides is 1. The number of carbonyl (C=O) groups is 1. The van der Waals surface area contributed by atoms with Gasteiger partial charge in [-0.1, -0.05) is 74.2 Å². The Kier molecular flexibility index (Phi) is 10.4. The maximum atomic E-state index is 12.0. The second kappa shape index (κ2) is 11.6. The van der Waals surface area contributed by atoms with Crippen molar-refractivity contribution in [3.05, 3.63) is 0 Å². The molecule has 0 aliphatic carbocycles. The van der Waals surface area contributed by atoms with E-state index in [1.54, 1.807) is 0 Å². The molecule has 0 spiro atoms. The van der Waals surface area contributed by atoms with Crippen LogP contribution in [0.25, 0.3) is 0 Å². The molecule has 0 unspecified atom stereocenters. The Bertz CT molecular complexity index is 249. The van der Waals surface area contributed by atoms with E-state index in [4.69, 9.17) is 0 Å². The zero-order valence-corrected chi connectivity index (χ0v) is 14.8. The van der Waals surface area contributed by atoms with Gasteiger partial charge in [0, 0.05) is 24.3 Å². The molecule has 0 aromatic carbocycles. The lowest BCUT2D eigenvalue weighted by molar-refractivity contribution is -0.132. The van der Waals surface area contributed by atoms with Gasteiger partial charge in [-0.15, -0.1) is 0 Å². The van der Waals surface area contributed by atoms with Crippen LogP contribution in [-0.2, 0) is 4.79 Å². The molecular weight excluding hydrogens is 314 g/mol. The summed E-state index contributed by atoms with van der Waals surface area (Å²) in [5.41, 5.74) is 0. The highest BCUT2D eigenvalue weighted by atomic mass is 79.9. The summed E-state index contributed by atoms with van der Waals surface area (Å²) < 4.78 is 0. The van der Waals surface area contributed by atoms with E-state index in [0.717, 1.165) is 38.8 Å². The van der Waals surface area contributed by atoms with E-state index in [9.17, 15) is 4.79 Å². The first-order valence-electron chi connectivity index (χ1n) is 8.66. The van der Waals surface area contributed by atoms with E-state index in [-0.39, 0.29) is 0 Å². The maximum Gasteiger partial charge on any atom is 0.222 e. The fraction of sp³-hybridized carbons (Fsp3) is 0.941. The molecule has 0 aromatic rings. The standard InChI is InChI=1S/C17H32BrNO/c1-2-3-4-5-6-7-8-9-10-11-17(20)19-14-12-16(18)13-15-19/h16H,2-15H2,1H3. The molecule has 1 heterocycles. The van der Waals surface area contributed by atoms with Gasteiger partial charge in [-0.05, 0) is 19.3 Å². The van der Waals surface area contributed by atoms with E-state index >= 15 is 0 Å². The van der Waals surface area contributed by atoms with Crippen LogP contribution in [0.5, 0.6) is 0 Å². The van der Waals surface area contributed by atoms with E-state index in [2.05, 4.69) is 27.8 Å². The summed E-state index contributed by atoms with van der Waals surface area (Å²) in [6.07, 6.45) is 14.9. The van der Waals surface area contributed by atoms with Crippen molar-refractivity contribution in [2.75, 3.05) is 13.1 Å². The van der Waals surface area contributed by atoms with Gasteiger partial charge in [0.05, 0.1) is 0 Å². The smallest absolute Gasteiger partial charge is 0.222 e. The number of hydrogen-bond acceptors (Lipinski definition) is 1. The summed E-state index contributed by atoms with van der Waals surface area (Å²) >= 11 is 3.63. The van der Waals surface area contributed by atoms with Crippen LogP contribution in [0.3, 0.4) is 0 Å². The number of piperidine rings is 1. The van der Waals surface area contributed by atoms with Gasteiger partial charge in [-0.2, -0.15) is 0 Å². The Morgan fingerprint density at radius 2 is 1.45 bits per heavy atom. The number of carbonyl (C=O) groups excluding carboxylic acids is 1. The van der Waals surface area contributed by atoms with Gasteiger partial charge >= 0.3 is 0 Å². The summed E-state index contributed by atoms with van der Waals surface area (Å²) in [6, 6.07) is 0. The molecule has 0 atom stereocenters. The Labute approximate surface area is 133 Å². The van der Waals surface area contributed by atoms with E-state index in [1.165, 1.54) is 51.4 Å². The number of rotatable bonds is 10. The van der Waals surface area contributed by atoms with Crippen LogP contribution in [0.1, 0.15) is 84.0 Å². The van der Waals surface area contributed by atoms with Crippen molar-refractivity contribution >= 4 is 21.8 Å². The predicted molar refractivity (Wildman–Crippen MR) is 90.4 cm³/mol. The second-order valence-corrected chi connectivity index (χ2v) is 7.43. The molecule has 1 amide bonds. The van der Waals surface area contributed by atoms with E-state index in [1.807, 2.05) is 0 Å². The van der Waals surface area contributed by atoms with Crippen LogP contribution in [0.4, 0.5) is 0 Å². The number of hydrogen-bond donors (Lipinski definition) is 0. The number of unbranched alkanes of at least 4 members (excludes halogenated alkanes) is 8. The number of nitrogens with zero attached hydrogens (tertiary/aromatic N) is 1. The first-order chi connectivity index (χ1) is 9.74. The van der Waals surface area contributed by atoms with Crippen molar-refractivity contribution in [3.8, 4) is 0 Å². The van der Waals surface area contributed by atoms with Crippen LogP contribution in [-0.4, -0.2) is 28.7 Å². The summed E-state index contributed by atoms with van der Waals surface area (Å²) in [5, 5.41) is 0. The van der Waals surface area contributed by atoms with E-state index < -0.39 is 0 Å². The van der Waals surface area contributed by atoms with Crippen molar-refractivity contribution in [2.45, 2.75) is 88.8 Å². The fourth-order valence-corrected chi connectivity index (χ4v) is 3.25. The first-order valence-corrected chi connectivity index (χ1v) is 9.57. The molecule has 1 aliphatic heterocycles. The molecule has 20 heavy (non-hydrogen) atoms. The Hall–Kier alpha value is -0.0500. The lowest BCUT2D eigenvalue weighted by atomic mass is 10.1. The number of halogens is 1. The third kappa shape index (κ3) is 8.28. The first kappa shape index (κ1) is 18.0. The Balaban J connectivity index is 1.89. The third-order valence-electron chi connectivity index (χ3n) is 4.27. The Morgan fingerprint density at radius 3 is 2.00 bits per heavy atom. The van der Waals surface area contributed by atoms with Crippen molar-refractivity contribution in [3.63, 3.8) is 0 Å². The van der Waals surface area contributed by atoms with Crippen molar-refractivity contribution in [2.24, 2.45) is 0 Å². The molecule has 118 valence electrons. The van der Waals surface area contributed by atoms with Crippen molar-refractivity contribution < 1.29 is 4.79 Å². The van der Waals surface area contributed by atoms with Gasteiger partial charge in [0.2, 0.25) is 5.91 Å². The number of likely N-dealkylation sites (tertiary alicyclic amines) is 1. The summed E-state index contributed by atoms with van der Waals surface area (Å²) in [6.45, 7) is 4.16. The van der Waals surface area contributed by atoms with Crippen LogP contribution < -0.4 is 0 Å². The highest BCUT2D eigenvalue weighted by molar-refractivity contribution is 9.09. The Morgan fingerprint density at radius 1 is 0.950 bits per heavy atom. The molecule has 3 heteroatoms. The molecule has 1 aliphatic rings. The minimum Gasteiger partial charge on any atom is -0.343 e. The summed E-state index contributed by atoms with van der Waals surface area (Å²) in [4.78, 5) is 14.7. The lowest BCUT2D eigenvalue weighted by Gasteiger charge is -2.29. The minimum absolute atomic E-state index is 0.382.